The predicted molar refractivity (Wildman–Crippen MR) is 86.5 cm³/mol. The van der Waals surface area contributed by atoms with Crippen LogP contribution in [0.4, 0.5) is 0 Å². The molecule has 0 aliphatic rings. The van der Waals surface area contributed by atoms with Crippen LogP contribution in [0.2, 0.25) is 0 Å². The van der Waals surface area contributed by atoms with Gasteiger partial charge in [-0.25, -0.2) is 0 Å². The van der Waals surface area contributed by atoms with E-state index >= 15 is 0 Å². The third kappa shape index (κ3) is 4.00. The molecule has 9 heteroatoms. The number of amides is 1. The lowest BCUT2D eigenvalue weighted by Gasteiger charge is -2.02. The molecule has 25 heavy (non-hydrogen) atoms. The number of carbonyl (C=O) groups excluding carboxylic acids is 1. The fourth-order valence-corrected chi connectivity index (χ4v) is 2.39. The summed E-state index contributed by atoms with van der Waals surface area (Å²) in [6.07, 6.45) is 2.36. The quantitative estimate of drug-likeness (QED) is 0.690. The average molecular weight is 343 g/mol. The summed E-state index contributed by atoms with van der Waals surface area (Å²) in [7, 11) is 0. The highest BCUT2D eigenvalue weighted by Gasteiger charge is 2.13. The summed E-state index contributed by atoms with van der Waals surface area (Å²) in [5.41, 5.74) is 2.04. The molecule has 0 aliphatic carbocycles. The van der Waals surface area contributed by atoms with Gasteiger partial charge in [0, 0.05) is 29.8 Å². The Morgan fingerprint density at radius 2 is 2.12 bits per heavy atom. The van der Waals surface area contributed by atoms with Gasteiger partial charge in [0.25, 0.3) is 0 Å². The van der Waals surface area contributed by atoms with Crippen LogP contribution in [-0.4, -0.2) is 26.2 Å². The lowest BCUT2D eigenvalue weighted by Crippen LogP contribution is -2.23. The smallest absolute Gasteiger partial charge is 0.248 e. The van der Waals surface area contributed by atoms with Crippen molar-refractivity contribution >= 4 is 5.91 Å². The minimum absolute atomic E-state index is 0.122. The first-order valence-corrected chi connectivity index (χ1v) is 7.73. The number of hydrogen-bond donors (Lipinski definition) is 2. The van der Waals surface area contributed by atoms with Gasteiger partial charge in [0.1, 0.15) is 5.76 Å². The summed E-state index contributed by atoms with van der Waals surface area (Å²) >= 11 is 0. The Bertz CT molecular complexity index is 920. The molecule has 0 fully saturated rings. The number of aryl methyl sites for hydroxylation is 2. The zero-order valence-corrected chi connectivity index (χ0v) is 13.8. The van der Waals surface area contributed by atoms with Crippen LogP contribution in [0.3, 0.4) is 0 Å². The summed E-state index contributed by atoms with van der Waals surface area (Å²) in [5.74, 6) is 1.15. The molecule has 3 aromatic heterocycles. The van der Waals surface area contributed by atoms with Crippen molar-refractivity contribution in [3.63, 3.8) is 0 Å². The minimum Gasteiger partial charge on any atom is -0.361 e. The minimum atomic E-state index is -0.253. The first-order valence-electron chi connectivity index (χ1n) is 7.73. The molecule has 3 rings (SSSR count). The Labute approximate surface area is 142 Å². The predicted octanol–water partition coefficient (Wildman–Crippen LogP) is 1.28. The summed E-state index contributed by atoms with van der Waals surface area (Å²) in [6, 6.07) is 3.04. The first kappa shape index (κ1) is 16.6. The Morgan fingerprint density at radius 3 is 2.84 bits per heavy atom. The van der Waals surface area contributed by atoms with Crippen molar-refractivity contribution in [2.24, 2.45) is 0 Å². The van der Waals surface area contributed by atoms with Crippen molar-refractivity contribution in [3.8, 4) is 11.4 Å². The number of nitrogens with zero attached hydrogens (tertiary/aromatic N) is 3. The topological polar surface area (TPSA) is 127 Å². The van der Waals surface area contributed by atoms with Crippen LogP contribution in [-0.2, 0) is 17.8 Å². The van der Waals surface area contributed by atoms with E-state index in [0.29, 0.717) is 24.2 Å². The highest BCUT2D eigenvalue weighted by Crippen LogP contribution is 2.15. The second-order valence-electron chi connectivity index (χ2n) is 5.53. The van der Waals surface area contributed by atoms with Crippen molar-refractivity contribution in [2.45, 2.75) is 33.2 Å². The van der Waals surface area contributed by atoms with Gasteiger partial charge in [0.05, 0.1) is 12.2 Å². The molecule has 0 saturated heterocycles. The molecular formula is C16H17N5O4. The Morgan fingerprint density at radius 1 is 1.28 bits per heavy atom. The van der Waals surface area contributed by atoms with Crippen molar-refractivity contribution in [1.82, 2.24) is 25.6 Å². The Balaban J connectivity index is 1.53. The third-order valence-corrected chi connectivity index (χ3v) is 3.72. The van der Waals surface area contributed by atoms with Gasteiger partial charge in [-0.15, -0.1) is 0 Å². The molecule has 0 radical (unpaired) electrons. The van der Waals surface area contributed by atoms with Gasteiger partial charge in [-0.2, -0.15) is 4.98 Å². The lowest BCUT2D eigenvalue weighted by atomic mass is 10.1. The van der Waals surface area contributed by atoms with Gasteiger partial charge in [-0.3, -0.25) is 9.59 Å². The van der Waals surface area contributed by atoms with E-state index in [2.05, 4.69) is 25.6 Å². The number of H-pyrrole nitrogens is 1. The van der Waals surface area contributed by atoms with Crippen LogP contribution in [0.25, 0.3) is 11.4 Å². The van der Waals surface area contributed by atoms with Gasteiger partial charge < -0.3 is 19.3 Å². The summed E-state index contributed by atoms with van der Waals surface area (Å²) < 4.78 is 10.2. The third-order valence-electron chi connectivity index (χ3n) is 3.72. The Kier molecular flexibility index (Phi) is 4.73. The summed E-state index contributed by atoms with van der Waals surface area (Å²) in [5, 5.41) is 10.4. The molecule has 0 aromatic carbocycles. The fraction of sp³-hybridized carbons (Fsp3) is 0.312. The second kappa shape index (κ2) is 7.12. The molecule has 9 nitrogen and oxygen atoms in total. The van der Waals surface area contributed by atoms with Crippen molar-refractivity contribution in [1.29, 1.82) is 0 Å². The molecule has 0 saturated carbocycles. The van der Waals surface area contributed by atoms with Crippen LogP contribution in [0.5, 0.6) is 0 Å². The van der Waals surface area contributed by atoms with Crippen LogP contribution < -0.4 is 10.9 Å². The number of pyridine rings is 1. The SMILES string of the molecule is Cc1noc(C)c1CCC(=O)NCc1nc(-c2cc[nH]c(=O)c2)no1. The van der Waals surface area contributed by atoms with Crippen LogP contribution in [0.15, 0.2) is 32.2 Å². The van der Waals surface area contributed by atoms with E-state index in [1.165, 1.54) is 12.3 Å². The van der Waals surface area contributed by atoms with Crippen LogP contribution >= 0.6 is 0 Å². The van der Waals surface area contributed by atoms with Crippen LogP contribution in [0.1, 0.15) is 29.3 Å². The van der Waals surface area contributed by atoms with Gasteiger partial charge in [-0.1, -0.05) is 10.3 Å². The van der Waals surface area contributed by atoms with Crippen molar-refractivity contribution < 1.29 is 13.8 Å². The Hall–Kier alpha value is -3.23. The number of aromatic amines is 1. The fourth-order valence-electron chi connectivity index (χ4n) is 2.39. The molecule has 1 amide bonds. The standard InChI is InChI=1S/C16H17N5O4/c1-9-12(10(2)24-20-9)3-4-13(22)18-8-15-19-16(21-25-15)11-5-6-17-14(23)7-11/h5-7H,3-4,8H2,1-2H3,(H,17,23)(H,18,22). The van der Waals surface area contributed by atoms with E-state index in [1.807, 2.05) is 13.8 Å². The van der Waals surface area contributed by atoms with Gasteiger partial charge in [-0.05, 0) is 26.3 Å². The molecule has 3 heterocycles. The second-order valence-corrected chi connectivity index (χ2v) is 5.53. The number of nitrogens with one attached hydrogen (secondary N) is 2. The zero-order chi connectivity index (χ0) is 17.8. The van der Waals surface area contributed by atoms with Crippen molar-refractivity contribution in [3.05, 3.63) is 51.6 Å². The van der Waals surface area contributed by atoms with Gasteiger partial charge >= 0.3 is 0 Å². The largest absolute Gasteiger partial charge is 0.361 e. The van der Waals surface area contributed by atoms with E-state index < -0.39 is 0 Å². The van der Waals surface area contributed by atoms with Crippen LogP contribution in [0, 0.1) is 13.8 Å². The molecule has 0 spiro atoms. The van der Waals surface area contributed by atoms with E-state index in [0.717, 1.165) is 17.0 Å². The molecule has 0 atom stereocenters. The first-order chi connectivity index (χ1) is 12.0. The van der Waals surface area contributed by atoms with Crippen molar-refractivity contribution in [2.75, 3.05) is 0 Å². The number of carbonyl (C=O) groups is 1. The molecule has 0 unspecified atom stereocenters. The number of aromatic nitrogens is 4. The summed E-state index contributed by atoms with van der Waals surface area (Å²) in [4.78, 5) is 29.9. The monoisotopic (exact) mass is 343 g/mol. The van der Waals surface area contributed by atoms with E-state index in [-0.39, 0.29) is 23.9 Å². The lowest BCUT2D eigenvalue weighted by molar-refractivity contribution is -0.121. The molecule has 130 valence electrons. The number of hydrogen-bond acceptors (Lipinski definition) is 7. The maximum Gasteiger partial charge on any atom is 0.248 e. The molecule has 2 N–H and O–H groups in total. The van der Waals surface area contributed by atoms with E-state index in [9.17, 15) is 9.59 Å². The molecule has 0 aliphatic heterocycles. The normalized spacial score (nSPS) is 10.8. The van der Waals surface area contributed by atoms with Gasteiger partial charge in [0.15, 0.2) is 0 Å². The van der Waals surface area contributed by atoms with E-state index in [1.54, 1.807) is 6.07 Å². The maximum absolute atomic E-state index is 12.0. The zero-order valence-electron chi connectivity index (χ0n) is 13.8. The highest BCUT2D eigenvalue weighted by atomic mass is 16.5. The maximum atomic E-state index is 12.0. The van der Waals surface area contributed by atoms with E-state index in [4.69, 9.17) is 9.05 Å². The highest BCUT2D eigenvalue weighted by molar-refractivity contribution is 5.76. The molecule has 3 aromatic rings. The number of rotatable bonds is 6. The molecule has 0 bridgehead atoms. The average Bonchev–Trinajstić information content (AvgIpc) is 3.19. The molecular weight excluding hydrogens is 326 g/mol. The van der Waals surface area contributed by atoms with Gasteiger partial charge in [0.2, 0.25) is 23.2 Å². The summed E-state index contributed by atoms with van der Waals surface area (Å²) in [6.45, 7) is 3.79.